The largest absolute Gasteiger partial charge is 0.381 e. The highest BCUT2D eigenvalue weighted by Crippen LogP contribution is 2.37. The minimum Gasteiger partial charge on any atom is -0.381 e. The first kappa shape index (κ1) is 13.3. The van der Waals surface area contributed by atoms with Crippen LogP contribution in [-0.2, 0) is 14.2 Å². The summed E-state index contributed by atoms with van der Waals surface area (Å²) in [5, 5.41) is 0. The van der Waals surface area contributed by atoms with E-state index in [1.807, 2.05) is 6.92 Å². The summed E-state index contributed by atoms with van der Waals surface area (Å²) in [6, 6.07) is 0.151. The summed E-state index contributed by atoms with van der Waals surface area (Å²) in [4.78, 5) is 0. The van der Waals surface area contributed by atoms with Gasteiger partial charge in [0.25, 0.3) is 0 Å². The molecular weight excluding hydrogens is 218 g/mol. The molecule has 4 nitrogen and oxygen atoms in total. The van der Waals surface area contributed by atoms with Gasteiger partial charge < -0.3 is 19.9 Å². The second kappa shape index (κ2) is 6.14. The predicted molar refractivity (Wildman–Crippen MR) is 65.9 cm³/mol. The third-order valence-electron chi connectivity index (χ3n) is 4.06. The lowest BCUT2D eigenvalue weighted by Gasteiger charge is -2.44. The topological polar surface area (TPSA) is 53.7 Å². The fraction of sp³-hybridized carbons (Fsp3) is 1.00. The molecule has 0 radical (unpaired) electrons. The molecule has 2 aliphatic heterocycles. The van der Waals surface area contributed by atoms with E-state index in [0.717, 1.165) is 52.1 Å². The van der Waals surface area contributed by atoms with Gasteiger partial charge in [-0.15, -0.1) is 0 Å². The van der Waals surface area contributed by atoms with Crippen molar-refractivity contribution in [2.45, 2.75) is 44.2 Å². The van der Waals surface area contributed by atoms with Gasteiger partial charge >= 0.3 is 0 Å². The molecule has 4 heteroatoms. The van der Waals surface area contributed by atoms with Crippen molar-refractivity contribution in [1.82, 2.24) is 0 Å². The van der Waals surface area contributed by atoms with E-state index >= 15 is 0 Å². The van der Waals surface area contributed by atoms with Crippen LogP contribution in [0.5, 0.6) is 0 Å². The third kappa shape index (κ3) is 3.41. The molecule has 0 amide bonds. The molecule has 0 saturated carbocycles. The highest BCUT2D eigenvalue weighted by Gasteiger charge is 2.40. The van der Waals surface area contributed by atoms with E-state index in [1.165, 1.54) is 0 Å². The maximum Gasteiger partial charge on any atom is 0.0729 e. The van der Waals surface area contributed by atoms with Crippen LogP contribution in [-0.4, -0.2) is 44.7 Å². The third-order valence-corrected chi connectivity index (χ3v) is 4.06. The maximum absolute atomic E-state index is 6.21. The van der Waals surface area contributed by atoms with Crippen LogP contribution < -0.4 is 5.73 Å². The van der Waals surface area contributed by atoms with Crippen molar-refractivity contribution in [3.63, 3.8) is 0 Å². The van der Waals surface area contributed by atoms with Gasteiger partial charge in [0.15, 0.2) is 0 Å². The van der Waals surface area contributed by atoms with E-state index in [2.05, 4.69) is 0 Å². The molecule has 2 saturated heterocycles. The second-order valence-electron chi connectivity index (χ2n) is 5.22. The zero-order valence-electron chi connectivity index (χ0n) is 10.8. The van der Waals surface area contributed by atoms with Crippen LogP contribution in [0.4, 0.5) is 0 Å². The number of rotatable bonds is 4. The van der Waals surface area contributed by atoms with Crippen LogP contribution in [0, 0.1) is 5.92 Å². The summed E-state index contributed by atoms with van der Waals surface area (Å²) in [6.07, 6.45) is 4.18. The van der Waals surface area contributed by atoms with Crippen molar-refractivity contribution in [1.29, 1.82) is 0 Å². The fourth-order valence-electron chi connectivity index (χ4n) is 2.91. The molecule has 1 spiro atoms. The molecule has 2 unspecified atom stereocenters. The summed E-state index contributed by atoms with van der Waals surface area (Å²) in [5.74, 6) is 0.536. The Kier molecular flexibility index (Phi) is 4.79. The number of ether oxygens (including phenoxy) is 3. The van der Waals surface area contributed by atoms with Crippen LogP contribution in [0.25, 0.3) is 0 Å². The van der Waals surface area contributed by atoms with E-state index in [0.29, 0.717) is 12.5 Å². The quantitative estimate of drug-likeness (QED) is 0.809. The van der Waals surface area contributed by atoms with E-state index in [4.69, 9.17) is 19.9 Å². The van der Waals surface area contributed by atoms with Crippen LogP contribution in [0.3, 0.4) is 0 Å². The van der Waals surface area contributed by atoms with Crippen molar-refractivity contribution in [3.05, 3.63) is 0 Å². The first-order chi connectivity index (χ1) is 8.26. The number of nitrogens with two attached hydrogens (primary N) is 1. The molecule has 0 aromatic carbocycles. The number of hydrogen-bond donors (Lipinski definition) is 1. The molecular formula is C13H25NO3. The molecule has 2 heterocycles. The molecule has 0 aromatic rings. The predicted octanol–water partition coefficient (Wildman–Crippen LogP) is 1.33. The van der Waals surface area contributed by atoms with Crippen molar-refractivity contribution < 1.29 is 14.2 Å². The molecule has 2 atom stereocenters. The Balaban J connectivity index is 1.87. The van der Waals surface area contributed by atoms with Crippen molar-refractivity contribution in [3.8, 4) is 0 Å². The summed E-state index contributed by atoms with van der Waals surface area (Å²) in [6.45, 7) is 5.92. The zero-order valence-corrected chi connectivity index (χ0v) is 10.8. The van der Waals surface area contributed by atoms with Gasteiger partial charge in [-0.3, -0.25) is 0 Å². The summed E-state index contributed by atoms with van der Waals surface area (Å²) in [7, 11) is 0. The van der Waals surface area contributed by atoms with Gasteiger partial charge in [0.05, 0.1) is 12.2 Å². The maximum atomic E-state index is 6.21. The van der Waals surface area contributed by atoms with Crippen LogP contribution in [0.15, 0.2) is 0 Å². The first-order valence-electron chi connectivity index (χ1n) is 6.81. The Labute approximate surface area is 104 Å². The minimum atomic E-state index is 0.0466. The van der Waals surface area contributed by atoms with Crippen molar-refractivity contribution in [2.24, 2.45) is 11.7 Å². The molecule has 17 heavy (non-hydrogen) atoms. The standard InChI is InChI=1S/C13H25NO3/c1-2-15-10-12(14)11-3-6-17-13(9-11)4-7-16-8-5-13/h11-12H,2-10,14H2,1H3. The molecule has 2 fully saturated rings. The Morgan fingerprint density at radius 2 is 2.12 bits per heavy atom. The monoisotopic (exact) mass is 243 g/mol. The molecule has 2 aliphatic rings. The van der Waals surface area contributed by atoms with Crippen molar-refractivity contribution in [2.75, 3.05) is 33.0 Å². The molecule has 0 aromatic heterocycles. The minimum absolute atomic E-state index is 0.0466. The molecule has 0 aliphatic carbocycles. The van der Waals surface area contributed by atoms with E-state index in [9.17, 15) is 0 Å². The normalized spacial score (nSPS) is 30.4. The Hall–Kier alpha value is -0.160. The van der Waals surface area contributed by atoms with Gasteiger partial charge in [0, 0.05) is 32.5 Å². The van der Waals surface area contributed by atoms with Crippen molar-refractivity contribution >= 4 is 0 Å². The average Bonchev–Trinajstić information content (AvgIpc) is 2.37. The Bertz CT molecular complexity index is 223. The van der Waals surface area contributed by atoms with E-state index < -0.39 is 0 Å². The van der Waals surface area contributed by atoms with E-state index in [1.54, 1.807) is 0 Å². The van der Waals surface area contributed by atoms with Crippen LogP contribution >= 0.6 is 0 Å². The van der Waals surface area contributed by atoms with Gasteiger partial charge in [-0.05, 0) is 38.5 Å². The van der Waals surface area contributed by atoms with Gasteiger partial charge in [-0.1, -0.05) is 0 Å². The zero-order chi connectivity index (χ0) is 12.1. The van der Waals surface area contributed by atoms with Gasteiger partial charge in [0.2, 0.25) is 0 Å². The summed E-state index contributed by atoms with van der Waals surface area (Å²) in [5.41, 5.74) is 6.26. The lowest BCUT2D eigenvalue weighted by Crippen LogP contribution is -2.49. The first-order valence-corrected chi connectivity index (χ1v) is 6.81. The lowest BCUT2D eigenvalue weighted by atomic mass is 9.78. The van der Waals surface area contributed by atoms with Crippen LogP contribution in [0.1, 0.15) is 32.6 Å². The molecule has 2 rings (SSSR count). The molecule has 0 bridgehead atoms. The van der Waals surface area contributed by atoms with Gasteiger partial charge in [-0.2, -0.15) is 0 Å². The Morgan fingerprint density at radius 1 is 1.35 bits per heavy atom. The smallest absolute Gasteiger partial charge is 0.0729 e. The molecule has 100 valence electrons. The number of hydrogen-bond acceptors (Lipinski definition) is 4. The summed E-state index contributed by atoms with van der Waals surface area (Å²) >= 11 is 0. The highest BCUT2D eigenvalue weighted by atomic mass is 16.5. The molecule has 2 N–H and O–H groups in total. The Morgan fingerprint density at radius 3 is 2.82 bits per heavy atom. The van der Waals surface area contributed by atoms with E-state index in [-0.39, 0.29) is 11.6 Å². The SMILES string of the molecule is CCOCC(N)C1CCOC2(CCOCC2)C1. The lowest BCUT2D eigenvalue weighted by molar-refractivity contribution is -0.150. The summed E-state index contributed by atoms with van der Waals surface area (Å²) < 4.78 is 16.9. The van der Waals surface area contributed by atoms with Gasteiger partial charge in [-0.25, -0.2) is 0 Å². The average molecular weight is 243 g/mol. The van der Waals surface area contributed by atoms with Crippen LogP contribution in [0.2, 0.25) is 0 Å². The van der Waals surface area contributed by atoms with Gasteiger partial charge in [0.1, 0.15) is 0 Å². The second-order valence-corrected chi connectivity index (χ2v) is 5.22. The fourth-order valence-corrected chi connectivity index (χ4v) is 2.91. The highest BCUT2D eigenvalue weighted by molar-refractivity contribution is 4.91.